The van der Waals surface area contributed by atoms with E-state index in [9.17, 15) is 54.6 Å². The Morgan fingerprint density at radius 1 is 0.585 bits per heavy atom. The summed E-state index contributed by atoms with van der Waals surface area (Å²) in [5.74, 6) is -5.52. The van der Waals surface area contributed by atoms with Gasteiger partial charge >= 0.3 is 23.9 Å². The summed E-state index contributed by atoms with van der Waals surface area (Å²) in [6.07, 6.45) is -7.43. The van der Waals surface area contributed by atoms with E-state index in [4.69, 9.17) is 14.9 Å². The van der Waals surface area contributed by atoms with E-state index in [0.717, 1.165) is 4.90 Å². The van der Waals surface area contributed by atoms with Crippen LogP contribution in [0.1, 0.15) is 0 Å². The Balaban J connectivity index is 2.55. The van der Waals surface area contributed by atoms with Crippen LogP contribution in [0.4, 0.5) is 0 Å². The first-order valence-corrected chi connectivity index (χ1v) is 12.6. The number of aliphatic hydroxyl groups excluding tert-OH is 4. The molecule has 0 aliphatic carbocycles. The van der Waals surface area contributed by atoms with Crippen molar-refractivity contribution in [3.63, 3.8) is 0 Å². The van der Waals surface area contributed by atoms with Crippen LogP contribution in [0, 0.1) is 0 Å². The fourth-order valence-electron chi connectivity index (χ4n) is 3.92. The van der Waals surface area contributed by atoms with E-state index >= 15 is 0 Å². The van der Waals surface area contributed by atoms with Crippen LogP contribution in [-0.2, 0) is 28.7 Å². The number of amides is 1. The Morgan fingerprint density at radius 2 is 1.02 bits per heavy atom. The third-order valence-electron chi connectivity index (χ3n) is 5.92. The third kappa shape index (κ3) is 15.0. The molecule has 1 rings (SSSR count). The molecule has 1 aliphatic rings. The summed E-state index contributed by atoms with van der Waals surface area (Å²) in [6.45, 7) is -2.48. The van der Waals surface area contributed by atoms with Crippen LogP contribution in [0.2, 0.25) is 0 Å². The Kier molecular flexibility index (Phi) is 16.2. The number of aliphatic carboxylic acids is 4. The lowest BCUT2D eigenvalue weighted by atomic mass is 9.99. The van der Waals surface area contributed by atoms with Gasteiger partial charge in [-0.05, 0) is 0 Å². The first-order valence-electron chi connectivity index (χ1n) is 12.6. The number of carboxylic acids is 4. The molecule has 3 unspecified atom stereocenters. The van der Waals surface area contributed by atoms with Gasteiger partial charge in [-0.1, -0.05) is 0 Å². The zero-order chi connectivity index (χ0) is 31.1. The maximum Gasteiger partial charge on any atom is 0.317 e. The van der Waals surface area contributed by atoms with Crippen LogP contribution < -0.4 is 10.6 Å². The lowest BCUT2D eigenvalue weighted by molar-refractivity contribution is -0.280. The van der Waals surface area contributed by atoms with Crippen LogP contribution in [-0.4, -0.2) is 195 Å². The molecule has 1 amide bonds. The van der Waals surface area contributed by atoms with E-state index in [2.05, 4.69) is 10.6 Å². The molecule has 1 fully saturated rings. The summed E-state index contributed by atoms with van der Waals surface area (Å²) in [5.41, 5.74) is 0. The second-order valence-corrected chi connectivity index (χ2v) is 9.36. The van der Waals surface area contributed by atoms with Gasteiger partial charge in [0, 0.05) is 45.8 Å². The Hall–Kier alpha value is -3.01. The van der Waals surface area contributed by atoms with E-state index in [-0.39, 0.29) is 52.4 Å². The fourth-order valence-corrected chi connectivity index (χ4v) is 3.92. The van der Waals surface area contributed by atoms with Crippen LogP contribution in [0.5, 0.6) is 0 Å². The maximum atomic E-state index is 12.4. The van der Waals surface area contributed by atoms with Crippen molar-refractivity contribution in [2.24, 2.45) is 0 Å². The van der Waals surface area contributed by atoms with Gasteiger partial charge in [-0.2, -0.15) is 0 Å². The first-order chi connectivity index (χ1) is 19.2. The van der Waals surface area contributed by atoms with Gasteiger partial charge in [0.05, 0.1) is 32.7 Å². The monoisotopic (exact) mass is 597 g/mol. The highest BCUT2D eigenvalue weighted by atomic mass is 16.6. The number of carbonyl (C=O) groups is 5. The van der Waals surface area contributed by atoms with Crippen molar-refractivity contribution in [1.29, 1.82) is 0 Å². The van der Waals surface area contributed by atoms with Crippen LogP contribution in [0.25, 0.3) is 0 Å². The molecular formula is C22H39N5O14. The smallest absolute Gasteiger partial charge is 0.317 e. The van der Waals surface area contributed by atoms with Gasteiger partial charge in [0.1, 0.15) is 24.4 Å². The molecule has 0 radical (unpaired) electrons. The number of ether oxygens (including phenoxy) is 1. The van der Waals surface area contributed by atoms with Crippen molar-refractivity contribution >= 4 is 29.8 Å². The Bertz CT molecular complexity index is 864. The Morgan fingerprint density at radius 3 is 1.51 bits per heavy atom. The molecule has 19 nitrogen and oxygen atoms in total. The normalized spacial score (nSPS) is 22.7. The fraction of sp³-hybridized carbons (Fsp3) is 0.773. The highest BCUT2D eigenvalue weighted by molar-refractivity contribution is 5.79. The molecule has 19 heteroatoms. The summed E-state index contributed by atoms with van der Waals surface area (Å²) < 4.78 is 5.02. The minimum absolute atomic E-state index is 0.0154. The molecule has 10 N–H and O–H groups in total. The second kappa shape index (κ2) is 18.4. The summed E-state index contributed by atoms with van der Waals surface area (Å²) in [6, 6.07) is 0. The van der Waals surface area contributed by atoms with Gasteiger partial charge in [0.2, 0.25) is 5.91 Å². The lowest BCUT2D eigenvalue weighted by Gasteiger charge is -2.38. The summed E-state index contributed by atoms with van der Waals surface area (Å²) in [7, 11) is 0. The van der Waals surface area contributed by atoms with Gasteiger partial charge < -0.3 is 56.2 Å². The average molecular weight is 598 g/mol. The second-order valence-electron chi connectivity index (χ2n) is 9.36. The number of hydrogen-bond acceptors (Lipinski definition) is 14. The van der Waals surface area contributed by atoms with Gasteiger partial charge in [-0.3, -0.25) is 38.7 Å². The maximum absolute atomic E-state index is 12.4. The van der Waals surface area contributed by atoms with Crippen LogP contribution >= 0.6 is 0 Å². The zero-order valence-corrected chi connectivity index (χ0v) is 22.2. The molecule has 0 bridgehead atoms. The highest BCUT2D eigenvalue weighted by Gasteiger charge is 2.42. The van der Waals surface area contributed by atoms with E-state index in [1.807, 2.05) is 0 Å². The molecule has 0 aromatic heterocycles. The number of aliphatic hydroxyl groups is 4. The SMILES string of the molecule is O=C(O)CN(CCN(CC(=O)O)CC(=O)O)CCN(CC(=O)O)CC(=O)NCCNCC1OC(O)C(O)[C@@H](O)[C@H]1O. The number of carboxylic acid groups (broad SMARTS) is 4. The zero-order valence-electron chi connectivity index (χ0n) is 22.2. The van der Waals surface area contributed by atoms with Crippen molar-refractivity contribution in [3.8, 4) is 0 Å². The molecule has 0 spiro atoms. The molecule has 236 valence electrons. The van der Waals surface area contributed by atoms with Crippen molar-refractivity contribution in [2.75, 3.05) is 78.5 Å². The summed E-state index contributed by atoms with van der Waals surface area (Å²) in [4.78, 5) is 60.6. The minimum atomic E-state index is -1.68. The summed E-state index contributed by atoms with van der Waals surface area (Å²) in [5, 5.41) is 80.3. The molecule has 0 aromatic rings. The molecule has 5 atom stereocenters. The predicted octanol–water partition coefficient (Wildman–Crippen LogP) is -6.26. The quantitative estimate of drug-likeness (QED) is 0.0550. The van der Waals surface area contributed by atoms with E-state index in [0.29, 0.717) is 0 Å². The van der Waals surface area contributed by atoms with Gasteiger partial charge in [0.25, 0.3) is 0 Å². The van der Waals surface area contributed by atoms with Gasteiger partial charge in [0.15, 0.2) is 6.29 Å². The standard InChI is InChI=1S/C22H39N5O14/c28-14(24-2-1-23-7-13-19(37)20(38)21(39)22(40)41-13)8-26(10-16(31)32)5-3-25(9-15(29)30)4-6-27(11-17(33)34)12-18(35)36/h13,19-23,37-40H,1-12H2,(H,24,28)(H,29,30)(H,31,32)(H,33,34)(H,35,36)/t13?,19-,20-,21?,22?/m0/s1. The minimum Gasteiger partial charge on any atom is -0.480 e. The topological polar surface area (TPSA) is 290 Å². The van der Waals surface area contributed by atoms with Crippen LogP contribution in [0.15, 0.2) is 0 Å². The molecule has 41 heavy (non-hydrogen) atoms. The molecule has 0 saturated carbocycles. The van der Waals surface area contributed by atoms with Crippen molar-refractivity contribution in [1.82, 2.24) is 25.3 Å². The number of nitrogens with zero attached hydrogens (tertiary/aromatic N) is 3. The number of rotatable bonds is 21. The van der Waals surface area contributed by atoms with Crippen molar-refractivity contribution in [3.05, 3.63) is 0 Å². The molecular weight excluding hydrogens is 558 g/mol. The van der Waals surface area contributed by atoms with Crippen molar-refractivity contribution in [2.45, 2.75) is 30.7 Å². The van der Waals surface area contributed by atoms with Gasteiger partial charge in [-0.15, -0.1) is 0 Å². The number of carbonyl (C=O) groups excluding carboxylic acids is 1. The van der Waals surface area contributed by atoms with Crippen molar-refractivity contribution < 1.29 is 69.6 Å². The number of nitrogens with one attached hydrogen (secondary N) is 2. The van der Waals surface area contributed by atoms with E-state index < -0.39 is 86.7 Å². The molecule has 1 saturated heterocycles. The van der Waals surface area contributed by atoms with Crippen LogP contribution in [0.3, 0.4) is 0 Å². The average Bonchev–Trinajstić information content (AvgIpc) is 2.85. The summed E-state index contributed by atoms with van der Waals surface area (Å²) >= 11 is 0. The lowest BCUT2D eigenvalue weighted by Crippen LogP contribution is -2.59. The van der Waals surface area contributed by atoms with Gasteiger partial charge in [-0.25, -0.2) is 0 Å². The molecule has 1 aliphatic heterocycles. The predicted molar refractivity (Wildman–Crippen MR) is 135 cm³/mol. The highest BCUT2D eigenvalue weighted by Crippen LogP contribution is 2.19. The third-order valence-corrected chi connectivity index (χ3v) is 5.92. The first kappa shape index (κ1) is 36.0. The molecule has 0 aromatic carbocycles. The van der Waals surface area contributed by atoms with E-state index in [1.165, 1.54) is 9.80 Å². The molecule has 1 heterocycles. The van der Waals surface area contributed by atoms with E-state index in [1.54, 1.807) is 0 Å². The Labute approximate surface area is 234 Å². The number of hydrogen-bond donors (Lipinski definition) is 10. The largest absolute Gasteiger partial charge is 0.480 e.